The van der Waals surface area contributed by atoms with Gasteiger partial charge in [-0.05, 0) is 40.4 Å². The quantitative estimate of drug-likeness (QED) is 0.842. The van der Waals surface area contributed by atoms with Crippen LogP contribution in [-0.2, 0) is 10.0 Å². The lowest BCUT2D eigenvalue weighted by molar-refractivity contribution is 0.464. The summed E-state index contributed by atoms with van der Waals surface area (Å²) in [7, 11) is -3.60. The first-order valence-corrected chi connectivity index (χ1v) is 7.80. The van der Waals surface area contributed by atoms with Gasteiger partial charge in [-0.25, -0.2) is 12.8 Å². The van der Waals surface area contributed by atoms with E-state index >= 15 is 0 Å². The van der Waals surface area contributed by atoms with E-state index in [2.05, 4.69) is 15.9 Å². The van der Waals surface area contributed by atoms with E-state index in [-0.39, 0.29) is 15.1 Å². The van der Waals surface area contributed by atoms with Gasteiger partial charge in [-0.3, -0.25) is 0 Å². The first-order chi connectivity index (χ1) is 8.32. The van der Waals surface area contributed by atoms with Crippen LogP contribution in [0.25, 0.3) is 0 Å². The average molecular weight is 337 g/mol. The predicted molar refractivity (Wildman–Crippen MR) is 71.1 cm³/mol. The van der Waals surface area contributed by atoms with Crippen molar-refractivity contribution in [1.29, 1.82) is 0 Å². The van der Waals surface area contributed by atoms with Crippen LogP contribution in [-0.4, -0.2) is 25.8 Å². The minimum atomic E-state index is -3.60. The van der Waals surface area contributed by atoms with E-state index in [4.69, 9.17) is 5.73 Å². The molecule has 0 bridgehead atoms. The van der Waals surface area contributed by atoms with Crippen LogP contribution in [0.5, 0.6) is 0 Å². The Hall–Kier alpha value is -0.660. The van der Waals surface area contributed by atoms with Gasteiger partial charge in [-0.1, -0.05) is 6.92 Å². The second kappa shape index (κ2) is 4.79. The summed E-state index contributed by atoms with van der Waals surface area (Å²) >= 11 is 3.08. The maximum atomic E-state index is 13.2. The zero-order valence-corrected chi connectivity index (χ0v) is 12.3. The van der Waals surface area contributed by atoms with Gasteiger partial charge >= 0.3 is 0 Å². The van der Waals surface area contributed by atoms with Gasteiger partial charge in [0.25, 0.3) is 0 Å². The Kier molecular flexibility index (Phi) is 3.66. The molecular weight excluding hydrogens is 323 g/mol. The first-order valence-electron chi connectivity index (χ1n) is 5.57. The molecule has 7 heteroatoms. The van der Waals surface area contributed by atoms with E-state index in [9.17, 15) is 12.8 Å². The summed E-state index contributed by atoms with van der Waals surface area (Å²) in [6, 6.07) is 2.25. The summed E-state index contributed by atoms with van der Waals surface area (Å²) in [5, 5.41) is 0. The van der Waals surface area contributed by atoms with Crippen LogP contribution in [0, 0.1) is 11.7 Å². The highest BCUT2D eigenvalue weighted by molar-refractivity contribution is 9.10. The topological polar surface area (TPSA) is 63.4 Å². The molecule has 0 aromatic heterocycles. The van der Waals surface area contributed by atoms with Crippen molar-refractivity contribution in [3.8, 4) is 0 Å². The minimum absolute atomic E-state index is 0.0236. The summed E-state index contributed by atoms with van der Waals surface area (Å²) in [6.07, 6.45) is 0.841. The van der Waals surface area contributed by atoms with Crippen LogP contribution in [0.1, 0.15) is 13.3 Å². The van der Waals surface area contributed by atoms with Crippen molar-refractivity contribution in [1.82, 2.24) is 4.31 Å². The summed E-state index contributed by atoms with van der Waals surface area (Å²) in [6.45, 7) is 2.99. The van der Waals surface area contributed by atoms with Crippen molar-refractivity contribution in [2.75, 3.05) is 18.8 Å². The SMILES string of the molecule is CC1CCN(S(=O)(=O)c2cc(N)c(F)cc2Br)C1. The van der Waals surface area contributed by atoms with Crippen LogP contribution in [0.4, 0.5) is 10.1 Å². The second-order valence-corrected chi connectivity index (χ2v) is 7.32. The smallest absolute Gasteiger partial charge is 0.244 e. The van der Waals surface area contributed by atoms with Crippen LogP contribution in [0.15, 0.2) is 21.5 Å². The third-order valence-electron chi connectivity index (χ3n) is 3.06. The molecular formula is C11H14BrFN2O2S. The summed E-state index contributed by atoms with van der Waals surface area (Å²) in [5.74, 6) is -0.285. The maximum absolute atomic E-state index is 13.2. The largest absolute Gasteiger partial charge is 0.396 e. The molecule has 4 nitrogen and oxygen atoms in total. The number of benzene rings is 1. The lowest BCUT2D eigenvalue weighted by atomic mass is 10.2. The van der Waals surface area contributed by atoms with E-state index in [0.717, 1.165) is 18.6 Å². The lowest BCUT2D eigenvalue weighted by Crippen LogP contribution is -2.29. The number of nitrogen functional groups attached to an aromatic ring is 1. The molecule has 0 spiro atoms. The number of rotatable bonds is 2. The number of nitrogens with two attached hydrogens (primary N) is 1. The van der Waals surface area contributed by atoms with Gasteiger partial charge in [0, 0.05) is 17.6 Å². The molecule has 0 radical (unpaired) electrons. The first kappa shape index (κ1) is 13.8. The van der Waals surface area contributed by atoms with E-state index in [1.165, 1.54) is 4.31 Å². The second-order valence-electron chi connectivity index (χ2n) is 4.56. The summed E-state index contributed by atoms with van der Waals surface area (Å²) in [4.78, 5) is 0.0236. The van der Waals surface area contributed by atoms with Crippen LogP contribution < -0.4 is 5.73 Å². The van der Waals surface area contributed by atoms with Gasteiger partial charge in [0.2, 0.25) is 10.0 Å². The number of anilines is 1. The van der Waals surface area contributed by atoms with Gasteiger partial charge < -0.3 is 5.73 Å². The van der Waals surface area contributed by atoms with E-state index in [0.29, 0.717) is 19.0 Å². The zero-order chi connectivity index (χ0) is 13.5. The average Bonchev–Trinajstić information content (AvgIpc) is 2.70. The number of hydrogen-bond acceptors (Lipinski definition) is 3. The van der Waals surface area contributed by atoms with Crippen LogP contribution in [0.2, 0.25) is 0 Å². The Balaban J connectivity index is 2.45. The molecule has 0 aliphatic carbocycles. The molecule has 1 aliphatic rings. The Morgan fingerprint density at radius 3 is 2.72 bits per heavy atom. The van der Waals surface area contributed by atoms with Gasteiger partial charge in [0.05, 0.1) is 10.6 Å². The van der Waals surface area contributed by atoms with Crippen molar-refractivity contribution in [2.24, 2.45) is 5.92 Å². The monoisotopic (exact) mass is 336 g/mol. The molecule has 1 saturated heterocycles. The standard InChI is InChI=1S/C11H14BrFN2O2S/c1-7-2-3-15(6-7)18(16,17)11-5-10(14)9(13)4-8(11)12/h4-5,7H,2-3,6,14H2,1H3. The number of hydrogen-bond donors (Lipinski definition) is 1. The lowest BCUT2D eigenvalue weighted by Gasteiger charge is -2.17. The van der Waals surface area contributed by atoms with Crippen molar-refractivity contribution in [3.63, 3.8) is 0 Å². The van der Waals surface area contributed by atoms with E-state index < -0.39 is 15.8 Å². The van der Waals surface area contributed by atoms with Gasteiger partial charge in [-0.15, -0.1) is 0 Å². The van der Waals surface area contributed by atoms with Crippen molar-refractivity contribution >= 4 is 31.6 Å². The normalized spacial score (nSPS) is 21.4. The zero-order valence-electron chi connectivity index (χ0n) is 9.86. The molecule has 0 amide bonds. The van der Waals surface area contributed by atoms with Gasteiger partial charge in [0.1, 0.15) is 5.82 Å². The highest BCUT2D eigenvalue weighted by Gasteiger charge is 2.32. The summed E-state index contributed by atoms with van der Waals surface area (Å²) in [5.41, 5.74) is 5.27. The Labute approximate surface area is 114 Å². The van der Waals surface area contributed by atoms with Crippen LogP contribution in [0.3, 0.4) is 0 Å². The molecule has 1 atom stereocenters. The molecule has 0 saturated carbocycles. The molecule has 1 aromatic rings. The molecule has 1 unspecified atom stereocenters. The third kappa shape index (κ3) is 2.39. The van der Waals surface area contributed by atoms with Crippen molar-refractivity contribution < 1.29 is 12.8 Å². The van der Waals surface area contributed by atoms with Gasteiger partial charge in [-0.2, -0.15) is 4.31 Å². The molecule has 1 aliphatic heterocycles. The Bertz CT molecular complexity index is 577. The third-order valence-corrected chi connectivity index (χ3v) is 5.88. The van der Waals surface area contributed by atoms with Gasteiger partial charge in [0.15, 0.2) is 0 Å². The minimum Gasteiger partial charge on any atom is -0.396 e. The van der Waals surface area contributed by atoms with E-state index in [1.807, 2.05) is 6.92 Å². The van der Waals surface area contributed by atoms with Crippen molar-refractivity contribution in [3.05, 3.63) is 22.4 Å². The fourth-order valence-corrected chi connectivity index (χ4v) is 4.58. The highest BCUT2D eigenvalue weighted by Crippen LogP contribution is 2.31. The number of halogens is 2. The molecule has 2 N–H and O–H groups in total. The number of nitrogens with zero attached hydrogens (tertiary/aromatic N) is 1. The fraction of sp³-hybridized carbons (Fsp3) is 0.455. The van der Waals surface area contributed by atoms with E-state index in [1.54, 1.807) is 0 Å². The fourth-order valence-electron chi connectivity index (χ4n) is 1.99. The predicted octanol–water partition coefficient (Wildman–Crippen LogP) is 2.20. The molecule has 1 heterocycles. The molecule has 18 heavy (non-hydrogen) atoms. The molecule has 1 aromatic carbocycles. The molecule has 100 valence electrons. The summed E-state index contributed by atoms with van der Waals surface area (Å²) < 4.78 is 39.6. The van der Waals surface area contributed by atoms with Crippen molar-refractivity contribution in [2.45, 2.75) is 18.2 Å². The van der Waals surface area contributed by atoms with Crippen LogP contribution >= 0.6 is 15.9 Å². The highest BCUT2D eigenvalue weighted by atomic mass is 79.9. The Morgan fingerprint density at radius 2 is 2.17 bits per heavy atom. The molecule has 1 fully saturated rings. The Morgan fingerprint density at radius 1 is 1.50 bits per heavy atom. The maximum Gasteiger partial charge on any atom is 0.244 e. The molecule has 2 rings (SSSR count). The number of sulfonamides is 1.